The lowest BCUT2D eigenvalue weighted by molar-refractivity contribution is -0.0383. The number of imidazole rings is 1. The highest BCUT2D eigenvalue weighted by Gasteiger charge is 2.47. The third kappa shape index (κ3) is 7.42. The van der Waals surface area contributed by atoms with Gasteiger partial charge in [0.25, 0.3) is 0 Å². The summed E-state index contributed by atoms with van der Waals surface area (Å²) in [6, 6.07) is 0. The lowest BCUT2D eigenvalue weighted by atomic mass is 10.2. The van der Waals surface area contributed by atoms with Gasteiger partial charge in [-0.2, -0.15) is 9.97 Å². The van der Waals surface area contributed by atoms with Crippen LogP contribution in [0, 0.1) is 0 Å². The third-order valence-electron chi connectivity index (χ3n) is 9.15. The van der Waals surface area contributed by atoms with Crippen LogP contribution in [0.15, 0.2) is 19.0 Å². The van der Waals surface area contributed by atoms with Crippen molar-refractivity contribution in [1.82, 2.24) is 24.5 Å². The number of nitrogens with zero attached hydrogens (tertiary/aromatic N) is 5. The van der Waals surface area contributed by atoms with Gasteiger partial charge in [-0.3, -0.25) is 9.99 Å². The first-order valence-corrected chi connectivity index (χ1v) is 20.9. The van der Waals surface area contributed by atoms with Crippen LogP contribution in [0.2, 0.25) is 36.3 Å². The normalized spacial score (nSPS) is 23.0. The molecule has 0 amide bonds. The molecule has 2 aromatic rings. The minimum atomic E-state index is -2.08. The van der Waals surface area contributed by atoms with Crippen LogP contribution in [0.4, 0.5) is 5.95 Å². The second kappa shape index (κ2) is 12.6. The summed E-state index contributed by atoms with van der Waals surface area (Å²) in [5.74, 6) is 0.842. The van der Waals surface area contributed by atoms with Crippen LogP contribution in [0.3, 0.4) is 0 Å². The Morgan fingerprint density at radius 2 is 1.71 bits per heavy atom. The molecule has 2 aliphatic rings. The summed E-state index contributed by atoms with van der Waals surface area (Å²) in [4.78, 5) is 14.2. The van der Waals surface area contributed by atoms with Gasteiger partial charge in [-0.25, -0.2) is 9.99 Å². The number of aromatic nitrogens is 4. The smallest absolute Gasteiger partial charge is 0.247 e. The van der Waals surface area contributed by atoms with Gasteiger partial charge in [-0.1, -0.05) is 54.2 Å². The highest BCUT2D eigenvalue weighted by Crippen LogP contribution is 2.43. The van der Waals surface area contributed by atoms with Crippen LogP contribution in [-0.2, 0) is 18.3 Å². The summed E-state index contributed by atoms with van der Waals surface area (Å²) < 4.78 is 33.8. The van der Waals surface area contributed by atoms with Crippen molar-refractivity contribution in [2.45, 2.75) is 103 Å². The van der Waals surface area contributed by atoms with Crippen molar-refractivity contribution in [3.8, 4) is 5.88 Å². The Bertz CT molecular complexity index is 1220. The second-order valence-electron chi connectivity index (χ2n) is 14.3. The van der Waals surface area contributed by atoms with Gasteiger partial charge in [-0.15, -0.1) is 0 Å². The maximum Gasteiger partial charge on any atom is 0.247 e. The SMILES string of the molecule is C=CCOc1nc(NN2CCOCC2)nc2c1ncn2[C@H]1C[C@H](O[Si](C)(C)C(C)(C)C)[C@@H](CO[Si](C)(C)C(C)(C)C)O1. The van der Waals surface area contributed by atoms with Gasteiger partial charge >= 0.3 is 0 Å². The maximum atomic E-state index is 6.98. The van der Waals surface area contributed by atoms with E-state index in [9.17, 15) is 0 Å². The maximum absolute atomic E-state index is 6.98. The zero-order valence-electron chi connectivity index (χ0n) is 27.3. The molecule has 0 spiro atoms. The highest BCUT2D eigenvalue weighted by atomic mass is 28.4. The molecule has 13 heteroatoms. The molecule has 0 saturated carbocycles. The first-order valence-electron chi connectivity index (χ1n) is 15.1. The summed E-state index contributed by atoms with van der Waals surface area (Å²) in [6.45, 7) is 30.0. The molecular formula is C29H52N6O5Si2. The van der Waals surface area contributed by atoms with Crippen LogP contribution in [0.5, 0.6) is 5.88 Å². The Balaban J connectivity index is 1.65. The van der Waals surface area contributed by atoms with E-state index in [1.165, 1.54) is 0 Å². The van der Waals surface area contributed by atoms with E-state index in [0.29, 0.717) is 55.8 Å². The number of fused-ring (bicyclic) bond motifs is 1. The Morgan fingerprint density at radius 1 is 1.05 bits per heavy atom. The number of morpholine rings is 1. The van der Waals surface area contributed by atoms with Gasteiger partial charge in [-0.05, 0) is 36.3 Å². The van der Waals surface area contributed by atoms with Crippen LogP contribution in [0.1, 0.15) is 54.2 Å². The monoisotopic (exact) mass is 620 g/mol. The molecule has 2 aromatic heterocycles. The van der Waals surface area contributed by atoms with Crippen molar-refractivity contribution in [3.05, 3.63) is 19.0 Å². The molecule has 42 heavy (non-hydrogen) atoms. The van der Waals surface area contributed by atoms with Crippen molar-refractivity contribution in [2.24, 2.45) is 0 Å². The average Bonchev–Trinajstić information content (AvgIpc) is 3.49. The van der Waals surface area contributed by atoms with Crippen LogP contribution < -0.4 is 10.2 Å². The Morgan fingerprint density at radius 3 is 2.33 bits per heavy atom. The molecule has 0 unspecified atom stereocenters. The fraction of sp³-hybridized carbons (Fsp3) is 0.759. The second-order valence-corrected chi connectivity index (χ2v) is 23.9. The van der Waals surface area contributed by atoms with E-state index in [4.69, 9.17) is 28.0 Å². The van der Waals surface area contributed by atoms with E-state index in [1.54, 1.807) is 12.4 Å². The molecule has 2 fully saturated rings. The number of hydrazine groups is 1. The molecule has 2 aliphatic heterocycles. The predicted molar refractivity (Wildman–Crippen MR) is 171 cm³/mol. The van der Waals surface area contributed by atoms with Crippen molar-refractivity contribution in [1.29, 1.82) is 0 Å². The van der Waals surface area contributed by atoms with Crippen molar-refractivity contribution < 1.29 is 23.1 Å². The number of hydrogen-bond donors (Lipinski definition) is 1. The Hall–Kier alpha value is -1.88. The van der Waals surface area contributed by atoms with Crippen molar-refractivity contribution in [2.75, 3.05) is 44.9 Å². The van der Waals surface area contributed by atoms with Gasteiger partial charge in [0, 0.05) is 19.5 Å². The van der Waals surface area contributed by atoms with Gasteiger partial charge < -0.3 is 23.1 Å². The molecule has 0 radical (unpaired) electrons. The minimum Gasteiger partial charge on any atom is -0.472 e. The zero-order valence-corrected chi connectivity index (χ0v) is 29.3. The molecule has 0 aliphatic carbocycles. The standard InChI is InChI=1S/C29H52N6O5Si2/c1-12-15-37-26-24-25(31-27(32-26)33-34-13-16-36-17-14-34)35(20-30-24)23-18-21(40-42(10,11)29(5,6)7)22(39-23)19-38-41(8,9)28(2,3)4/h12,20-23H,1,13-19H2,2-11H3,(H,31,32,33)/t21-,22+,23+/m0/s1. The van der Waals surface area contributed by atoms with E-state index >= 15 is 0 Å². The van der Waals surface area contributed by atoms with Crippen LogP contribution >= 0.6 is 0 Å². The zero-order chi connectivity index (χ0) is 30.9. The quantitative estimate of drug-likeness (QED) is 0.247. The average molecular weight is 621 g/mol. The van der Waals surface area contributed by atoms with Gasteiger partial charge in [0.2, 0.25) is 11.8 Å². The van der Waals surface area contributed by atoms with E-state index in [0.717, 1.165) is 13.1 Å². The number of anilines is 1. The summed E-state index contributed by atoms with van der Waals surface area (Å²) >= 11 is 0. The summed E-state index contributed by atoms with van der Waals surface area (Å²) in [5, 5.41) is 2.22. The van der Waals surface area contributed by atoms with E-state index in [-0.39, 0.29) is 28.5 Å². The predicted octanol–water partition coefficient (Wildman–Crippen LogP) is 5.75. The molecule has 11 nitrogen and oxygen atoms in total. The van der Waals surface area contributed by atoms with Crippen LogP contribution in [0.25, 0.3) is 11.2 Å². The molecule has 236 valence electrons. The van der Waals surface area contributed by atoms with E-state index < -0.39 is 16.6 Å². The largest absolute Gasteiger partial charge is 0.472 e. The first-order chi connectivity index (χ1) is 19.5. The lowest BCUT2D eigenvalue weighted by Crippen LogP contribution is -2.48. The molecule has 3 atom stereocenters. The van der Waals surface area contributed by atoms with E-state index in [1.807, 2.05) is 9.58 Å². The topological polar surface area (TPSA) is 105 Å². The third-order valence-corrected chi connectivity index (χ3v) is 18.2. The molecular weight excluding hydrogens is 569 g/mol. The molecule has 0 aromatic carbocycles. The fourth-order valence-electron chi connectivity index (χ4n) is 4.41. The van der Waals surface area contributed by atoms with Crippen LogP contribution in [-0.4, -0.2) is 92.9 Å². The fourth-order valence-corrected chi connectivity index (χ4v) is 6.79. The summed E-state index contributed by atoms with van der Waals surface area (Å²) in [7, 11) is -4.07. The van der Waals surface area contributed by atoms with Gasteiger partial charge in [0.05, 0.1) is 32.3 Å². The Labute approximate surface area is 253 Å². The lowest BCUT2D eigenvalue weighted by Gasteiger charge is -2.40. The molecule has 1 N–H and O–H groups in total. The molecule has 4 heterocycles. The number of nitrogens with one attached hydrogen (secondary N) is 1. The first kappa shape index (κ1) is 33.0. The number of ether oxygens (including phenoxy) is 3. The summed E-state index contributed by atoms with van der Waals surface area (Å²) in [5.41, 5.74) is 4.54. The highest BCUT2D eigenvalue weighted by molar-refractivity contribution is 6.74. The minimum absolute atomic E-state index is 0.0717. The number of hydrogen-bond acceptors (Lipinski definition) is 10. The summed E-state index contributed by atoms with van der Waals surface area (Å²) in [6.07, 6.45) is 3.49. The van der Waals surface area contributed by atoms with Gasteiger partial charge in [0.1, 0.15) is 18.9 Å². The van der Waals surface area contributed by atoms with Gasteiger partial charge in [0.15, 0.2) is 27.8 Å². The Kier molecular flexibility index (Phi) is 9.92. The number of rotatable bonds is 11. The van der Waals surface area contributed by atoms with Crippen molar-refractivity contribution >= 4 is 33.7 Å². The molecule has 4 rings (SSSR count). The molecule has 0 bridgehead atoms. The van der Waals surface area contributed by atoms with E-state index in [2.05, 4.69) is 89.7 Å². The molecule has 2 saturated heterocycles. The van der Waals surface area contributed by atoms with Crippen molar-refractivity contribution in [3.63, 3.8) is 0 Å².